The van der Waals surface area contributed by atoms with Crippen molar-refractivity contribution in [2.75, 3.05) is 6.54 Å². The zero-order valence-electron chi connectivity index (χ0n) is 13.0. The van der Waals surface area contributed by atoms with E-state index in [9.17, 15) is 4.79 Å². The molecule has 1 heterocycles. The van der Waals surface area contributed by atoms with Gasteiger partial charge in [-0.15, -0.1) is 5.10 Å². The molecular formula is C16H23ClN4O. The average molecular weight is 323 g/mol. The number of nitrogens with one attached hydrogen (secondary N) is 1. The van der Waals surface area contributed by atoms with Crippen LogP contribution in [0.2, 0.25) is 5.28 Å². The van der Waals surface area contributed by atoms with Crippen molar-refractivity contribution in [1.29, 1.82) is 0 Å². The van der Waals surface area contributed by atoms with E-state index < -0.39 is 0 Å². The second kappa shape index (κ2) is 4.95. The van der Waals surface area contributed by atoms with Crippen LogP contribution in [0.25, 0.3) is 0 Å². The van der Waals surface area contributed by atoms with Gasteiger partial charge in [0.1, 0.15) is 6.33 Å². The summed E-state index contributed by atoms with van der Waals surface area (Å²) in [5.74, 6) is 1.53. The molecule has 1 N–H and O–H groups in total. The summed E-state index contributed by atoms with van der Waals surface area (Å²) in [4.78, 5) is 17.0. The highest BCUT2D eigenvalue weighted by Crippen LogP contribution is 2.64. The van der Waals surface area contributed by atoms with E-state index in [2.05, 4.69) is 22.3 Å². The molecule has 5 nitrogen and oxygen atoms in total. The molecule has 4 fully saturated rings. The summed E-state index contributed by atoms with van der Waals surface area (Å²) < 4.78 is 1.97. The minimum Gasteiger partial charge on any atom is -0.356 e. The lowest BCUT2D eigenvalue weighted by atomic mass is 9.46. The Balaban J connectivity index is 1.67. The number of aromatic nitrogens is 3. The van der Waals surface area contributed by atoms with Crippen molar-refractivity contribution in [2.45, 2.75) is 57.4 Å². The lowest BCUT2D eigenvalue weighted by Crippen LogP contribution is -2.61. The number of carbonyl (C=O) groups excluding carboxylic acids is 1. The van der Waals surface area contributed by atoms with Gasteiger partial charge >= 0.3 is 0 Å². The van der Waals surface area contributed by atoms with E-state index in [-0.39, 0.29) is 16.9 Å². The van der Waals surface area contributed by atoms with Crippen molar-refractivity contribution < 1.29 is 4.79 Å². The van der Waals surface area contributed by atoms with Crippen LogP contribution in [0.15, 0.2) is 6.33 Å². The molecule has 6 heteroatoms. The topological polar surface area (TPSA) is 59.8 Å². The Morgan fingerprint density at radius 2 is 2.14 bits per heavy atom. The largest absolute Gasteiger partial charge is 0.356 e. The molecule has 1 aromatic rings. The monoisotopic (exact) mass is 322 g/mol. The second-order valence-corrected chi connectivity index (χ2v) is 8.02. The van der Waals surface area contributed by atoms with Gasteiger partial charge in [-0.2, -0.15) is 0 Å². The summed E-state index contributed by atoms with van der Waals surface area (Å²) in [7, 11) is 0. The first-order valence-electron chi connectivity index (χ1n) is 8.41. The normalized spacial score (nSPS) is 39.2. The van der Waals surface area contributed by atoms with E-state index in [1.807, 2.05) is 4.68 Å². The van der Waals surface area contributed by atoms with Crippen molar-refractivity contribution in [1.82, 2.24) is 20.1 Å². The molecule has 0 saturated heterocycles. The summed E-state index contributed by atoms with van der Waals surface area (Å²) in [6, 6.07) is 0. The van der Waals surface area contributed by atoms with E-state index in [0.29, 0.717) is 17.1 Å². The van der Waals surface area contributed by atoms with Gasteiger partial charge in [-0.3, -0.25) is 4.79 Å². The highest BCUT2D eigenvalue weighted by molar-refractivity contribution is 6.28. The van der Waals surface area contributed by atoms with Gasteiger partial charge in [-0.25, -0.2) is 9.67 Å². The summed E-state index contributed by atoms with van der Waals surface area (Å²) in [5, 5.41) is 7.85. The SMILES string of the molecule is CCCNC(=O)C12C[C@@H]3C[C@@H](C1)CC(n1cnc(Cl)n1)(C3)C2. The van der Waals surface area contributed by atoms with Crippen LogP contribution < -0.4 is 5.32 Å². The van der Waals surface area contributed by atoms with E-state index >= 15 is 0 Å². The van der Waals surface area contributed by atoms with E-state index in [0.717, 1.165) is 45.1 Å². The van der Waals surface area contributed by atoms with Crippen molar-refractivity contribution in [3.8, 4) is 0 Å². The maximum absolute atomic E-state index is 12.9. The van der Waals surface area contributed by atoms with Crippen LogP contribution in [-0.4, -0.2) is 27.2 Å². The van der Waals surface area contributed by atoms with E-state index in [1.165, 1.54) is 6.42 Å². The Morgan fingerprint density at radius 1 is 1.41 bits per heavy atom. The Bertz CT molecular complexity index is 585. The first-order chi connectivity index (χ1) is 10.6. The van der Waals surface area contributed by atoms with Gasteiger partial charge in [0.15, 0.2) is 0 Å². The van der Waals surface area contributed by atoms with Crippen LogP contribution in [0.5, 0.6) is 0 Å². The third-order valence-electron chi connectivity index (χ3n) is 6.00. The van der Waals surface area contributed by atoms with E-state index in [4.69, 9.17) is 11.6 Å². The molecule has 0 radical (unpaired) electrons. The fourth-order valence-electron chi connectivity index (χ4n) is 5.65. The molecule has 0 aliphatic heterocycles. The number of nitrogens with zero attached hydrogens (tertiary/aromatic N) is 3. The van der Waals surface area contributed by atoms with Gasteiger partial charge in [0, 0.05) is 6.54 Å². The maximum atomic E-state index is 12.9. The predicted octanol–water partition coefficient (Wildman–Crippen LogP) is 2.75. The maximum Gasteiger partial charge on any atom is 0.242 e. The smallest absolute Gasteiger partial charge is 0.242 e. The second-order valence-electron chi connectivity index (χ2n) is 7.68. The van der Waals surface area contributed by atoms with Crippen molar-refractivity contribution >= 4 is 17.5 Å². The fraction of sp³-hybridized carbons (Fsp3) is 0.812. The molecule has 0 unspecified atom stereocenters. The zero-order chi connectivity index (χ0) is 15.4. The molecule has 4 bridgehead atoms. The minimum absolute atomic E-state index is 0.0478. The number of amides is 1. The number of hydrogen-bond donors (Lipinski definition) is 1. The summed E-state index contributed by atoms with van der Waals surface area (Å²) in [5.41, 5.74) is -0.245. The molecule has 1 aromatic heterocycles. The first-order valence-corrected chi connectivity index (χ1v) is 8.79. The van der Waals surface area contributed by atoms with E-state index in [1.54, 1.807) is 6.33 Å². The fourth-order valence-corrected chi connectivity index (χ4v) is 5.77. The van der Waals surface area contributed by atoms with Gasteiger partial charge in [-0.05, 0) is 68.4 Å². The lowest BCUT2D eigenvalue weighted by Gasteiger charge is -2.60. The van der Waals surface area contributed by atoms with Gasteiger partial charge in [-0.1, -0.05) is 6.92 Å². The first kappa shape index (κ1) is 14.5. The van der Waals surface area contributed by atoms with Crippen LogP contribution >= 0.6 is 11.6 Å². The predicted molar refractivity (Wildman–Crippen MR) is 83.4 cm³/mol. The highest BCUT2D eigenvalue weighted by atomic mass is 35.5. The lowest BCUT2D eigenvalue weighted by molar-refractivity contribution is -0.156. The average Bonchev–Trinajstić information content (AvgIpc) is 2.91. The Labute approximate surface area is 135 Å². The molecule has 4 saturated carbocycles. The standard InChI is InChI=1S/C16H23ClN4O/c1-2-3-18-13(22)15-5-11-4-12(6-15)8-16(7-11,9-15)21-10-19-14(17)20-21/h10-12H,2-9H2,1H3,(H,18,22)/t11-,12-,15?,16?/m0/s1. The molecule has 0 aromatic carbocycles. The molecular weight excluding hydrogens is 300 g/mol. The Morgan fingerprint density at radius 3 is 2.73 bits per heavy atom. The highest BCUT2D eigenvalue weighted by Gasteiger charge is 2.61. The van der Waals surface area contributed by atoms with Crippen LogP contribution in [-0.2, 0) is 10.3 Å². The number of halogens is 1. The third-order valence-corrected chi connectivity index (χ3v) is 6.17. The van der Waals surface area contributed by atoms with Gasteiger partial charge in [0.2, 0.25) is 11.2 Å². The minimum atomic E-state index is -0.197. The Kier molecular flexibility index (Phi) is 3.26. The Hall–Kier alpha value is -1.10. The summed E-state index contributed by atoms with van der Waals surface area (Å²) in [6.07, 6.45) is 9.23. The molecule has 5 rings (SSSR count). The quantitative estimate of drug-likeness (QED) is 0.927. The van der Waals surface area contributed by atoms with Crippen LogP contribution in [0.3, 0.4) is 0 Å². The van der Waals surface area contributed by atoms with Gasteiger partial charge < -0.3 is 5.32 Å². The molecule has 120 valence electrons. The summed E-state index contributed by atoms with van der Waals surface area (Å²) in [6.45, 7) is 2.87. The summed E-state index contributed by atoms with van der Waals surface area (Å²) >= 11 is 5.94. The van der Waals surface area contributed by atoms with Crippen molar-refractivity contribution in [3.05, 3.63) is 11.6 Å². The zero-order valence-corrected chi connectivity index (χ0v) is 13.8. The molecule has 1 amide bonds. The van der Waals surface area contributed by atoms with Crippen molar-refractivity contribution in [2.24, 2.45) is 17.3 Å². The number of rotatable bonds is 4. The van der Waals surface area contributed by atoms with Crippen molar-refractivity contribution in [3.63, 3.8) is 0 Å². The molecule has 22 heavy (non-hydrogen) atoms. The molecule has 4 aliphatic carbocycles. The van der Waals surface area contributed by atoms with Gasteiger partial charge in [0.25, 0.3) is 0 Å². The van der Waals surface area contributed by atoms with Crippen LogP contribution in [0.4, 0.5) is 0 Å². The molecule has 0 spiro atoms. The number of hydrogen-bond acceptors (Lipinski definition) is 3. The van der Waals surface area contributed by atoms with Gasteiger partial charge in [0.05, 0.1) is 11.0 Å². The number of carbonyl (C=O) groups is 1. The molecule has 4 aliphatic rings. The van der Waals surface area contributed by atoms with Crippen LogP contribution in [0, 0.1) is 17.3 Å². The molecule has 2 atom stereocenters. The van der Waals surface area contributed by atoms with Crippen LogP contribution in [0.1, 0.15) is 51.9 Å². The third kappa shape index (κ3) is 2.08.